The second kappa shape index (κ2) is 5.00. The number of benzene rings is 1. The highest BCUT2D eigenvalue weighted by atomic mass is 19.2. The number of carbonyl (C=O) groups is 1. The Morgan fingerprint density at radius 1 is 1.39 bits per heavy atom. The van der Waals surface area contributed by atoms with Crippen molar-refractivity contribution in [3.05, 3.63) is 29.3 Å². The predicted molar refractivity (Wildman–Crippen MR) is 60.7 cm³/mol. The molecule has 94 valence electrons. The number of anilines is 1. The summed E-state index contributed by atoms with van der Waals surface area (Å²) < 4.78 is 26.7. The standard InChI is InChI=1S/C12H11F2N3O/c13-11-7(5-15)1-4-9(12(11)14)16-6-10(18)17-8-2-3-8/h1,4,8,16H,2-3,6H2,(H,17,18). The van der Waals surface area contributed by atoms with Gasteiger partial charge in [0.25, 0.3) is 0 Å². The van der Waals surface area contributed by atoms with Gasteiger partial charge in [0.15, 0.2) is 11.6 Å². The smallest absolute Gasteiger partial charge is 0.239 e. The maximum atomic E-state index is 13.5. The molecule has 1 fully saturated rings. The number of nitrogens with zero attached hydrogens (tertiary/aromatic N) is 1. The third-order valence-electron chi connectivity index (χ3n) is 2.58. The van der Waals surface area contributed by atoms with Crippen LogP contribution < -0.4 is 10.6 Å². The van der Waals surface area contributed by atoms with E-state index in [4.69, 9.17) is 5.26 Å². The molecule has 0 unspecified atom stereocenters. The first-order chi connectivity index (χ1) is 8.61. The molecular formula is C12H11F2N3O. The second-order valence-corrected chi connectivity index (χ2v) is 4.10. The van der Waals surface area contributed by atoms with Gasteiger partial charge in [-0.1, -0.05) is 0 Å². The zero-order valence-corrected chi connectivity index (χ0v) is 9.46. The predicted octanol–water partition coefficient (Wildman–Crippen LogP) is 1.53. The summed E-state index contributed by atoms with van der Waals surface area (Å²) in [6.07, 6.45) is 1.93. The highest BCUT2D eigenvalue weighted by Crippen LogP contribution is 2.20. The number of carbonyl (C=O) groups excluding carboxylic acids is 1. The molecule has 0 saturated heterocycles. The van der Waals surface area contributed by atoms with E-state index in [9.17, 15) is 13.6 Å². The Morgan fingerprint density at radius 2 is 2.11 bits per heavy atom. The van der Waals surface area contributed by atoms with E-state index in [-0.39, 0.29) is 29.7 Å². The summed E-state index contributed by atoms with van der Waals surface area (Å²) in [6.45, 7) is -0.126. The number of hydrogen-bond acceptors (Lipinski definition) is 3. The average Bonchev–Trinajstić information content (AvgIpc) is 3.15. The van der Waals surface area contributed by atoms with Crippen LogP contribution in [0.5, 0.6) is 0 Å². The fourth-order valence-electron chi connectivity index (χ4n) is 1.45. The molecule has 2 rings (SSSR count). The van der Waals surface area contributed by atoms with Crippen molar-refractivity contribution in [1.82, 2.24) is 5.32 Å². The summed E-state index contributed by atoms with van der Waals surface area (Å²) in [5, 5.41) is 13.7. The molecule has 1 amide bonds. The van der Waals surface area contributed by atoms with Crippen molar-refractivity contribution >= 4 is 11.6 Å². The molecule has 1 aliphatic carbocycles. The molecule has 1 saturated carbocycles. The maximum absolute atomic E-state index is 13.5. The molecule has 18 heavy (non-hydrogen) atoms. The van der Waals surface area contributed by atoms with Crippen molar-refractivity contribution in [1.29, 1.82) is 5.26 Å². The number of nitriles is 1. The van der Waals surface area contributed by atoms with E-state index in [2.05, 4.69) is 10.6 Å². The van der Waals surface area contributed by atoms with E-state index in [1.54, 1.807) is 6.07 Å². The number of rotatable bonds is 4. The highest BCUT2D eigenvalue weighted by molar-refractivity contribution is 5.81. The summed E-state index contributed by atoms with van der Waals surface area (Å²) >= 11 is 0. The van der Waals surface area contributed by atoms with Crippen molar-refractivity contribution in [2.45, 2.75) is 18.9 Å². The van der Waals surface area contributed by atoms with Crippen LogP contribution in [0.15, 0.2) is 12.1 Å². The number of nitrogens with one attached hydrogen (secondary N) is 2. The van der Waals surface area contributed by atoms with Crippen LogP contribution in [0, 0.1) is 23.0 Å². The van der Waals surface area contributed by atoms with Gasteiger partial charge in [0.1, 0.15) is 6.07 Å². The van der Waals surface area contributed by atoms with E-state index >= 15 is 0 Å². The molecule has 0 aromatic heterocycles. The van der Waals surface area contributed by atoms with E-state index in [1.165, 1.54) is 12.1 Å². The normalized spacial score (nSPS) is 13.8. The minimum atomic E-state index is -1.20. The monoisotopic (exact) mass is 251 g/mol. The maximum Gasteiger partial charge on any atom is 0.239 e. The SMILES string of the molecule is N#Cc1ccc(NCC(=O)NC2CC2)c(F)c1F. The molecule has 1 aromatic carbocycles. The lowest BCUT2D eigenvalue weighted by Crippen LogP contribution is -2.31. The van der Waals surface area contributed by atoms with Crippen molar-refractivity contribution < 1.29 is 13.6 Å². The number of amides is 1. The van der Waals surface area contributed by atoms with Crippen LogP contribution in [0.4, 0.5) is 14.5 Å². The van der Waals surface area contributed by atoms with Gasteiger partial charge in [-0.15, -0.1) is 0 Å². The van der Waals surface area contributed by atoms with E-state index < -0.39 is 11.6 Å². The van der Waals surface area contributed by atoms with Crippen LogP contribution in [-0.2, 0) is 4.79 Å². The summed E-state index contributed by atoms with van der Waals surface area (Å²) in [7, 11) is 0. The Labute approximate surface area is 103 Å². The van der Waals surface area contributed by atoms with Crippen molar-refractivity contribution in [2.24, 2.45) is 0 Å². The zero-order chi connectivity index (χ0) is 13.1. The van der Waals surface area contributed by atoms with Crippen LogP contribution >= 0.6 is 0 Å². The highest BCUT2D eigenvalue weighted by Gasteiger charge is 2.23. The fourth-order valence-corrected chi connectivity index (χ4v) is 1.45. The summed E-state index contributed by atoms with van der Waals surface area (Å²) in [5.74, 6) is -2.61. The van der Waals surface area contributed by atoms with Gasteiger partial charge in [0.2, 0.25) is 5.91 Å². The third kappa shape index (κ3) is 2.74. The Bertz CT molecular complexity index is 521. The largest absolute Gasteiger partial charge is 0.374 e. The summed E-state index contributed by atoms with van der Waals surface area (Å²) in [5.41, 5.74) is -0.488. The van der Waals surface area contributed by atoms with Gasteiger partial charge in [-0.25, -0.2) is 8.78 Å². The van der Waals surface area contributed by atoms with E-state index in [1.807, 2.05) is 0 Å². The van der Waals surface area contributed by atoms with E-state index in [0.29, 0.717) is 0 Å². The van der Waals surface area contributed by atoms with Crippen LogP contribution in [0.3, 0.4) is 0 Å². The molecule has 0 radical (unpaired) electrons. The Balaban J connectivity index is 1.98. The third-order valence-corrected chi connectivity index (χ3v) is 2.58. The molecule has 0 bridgehead atoms. The molecule has 0 aliphatic heterocycles. The van der Waals surface area contributed by atoms with Crippen LogP contribution in [-0.4, -0.2) is 18.5 Å². The zero-order valence-electron chi connectivity index (χ0n) is 9.46. The Morgan fingerprint density at radius 3 is 2.72 bits per heavy atom. The van der Waals surface area contributed by atoms with Gasteiger partial charge < -0.3 is 10.6 Å². The van der Waals surface area contributed by atoms with Gasteiger partial charge in [-0.3, -0.25) is 4.79 Å². The molecule has 0 heterocycles. The fraction of sp³-hybridized carbons (Fsp3) is 0.333. The molecule has 0 atom stereocenters. The minimum Gasteiger partial charge on any atom is -0.374 e. The molecule has 2 N–H and O–H groups in total. The first kappa shape index (κ1) is 12.3. The van der Waals surface area contributed by atoms with Gasteiger partial charge >= 0.3 is 0 Å². The first-order valence-electron chi connectivity index (χ1n) is 5.53. The minimum absolute atomic E-state index is 0.126. The lowest BCUT2D eigenvalue weighted by Gasteiger charge is -2.08. The Kier molecular flexibility index (Phi) is 3.42. The van der Waals surface area contributed by atoms with Gasteiger partial charge in [-0.05, 0) is 25.0 Å². The average molecular weight is 251 g/mol. The number of hydrogen-bond donors (Lipinski definition) is 2. The molecule has 1 aromatic rings. The lowest BCUT2D eigenvalue weighted by atomic mass is 10.2. The number of halogens is 2. The first-order valence-corrected chi connectivity index (χ1v) is 5.53. The van der Waals surface area contributed by atoms with E-state index in [0.717, 1.165) is 12.8 Å². The topological polar surface area (TPSA) is 64.9 Å². The molecular weight excluding hydrogens is 240 g/mol. The van der Waals surface area contributed by atoms with Crippen LogP contribution in [0.1, 0.15) is 18.4 Å². The van der Waals surface area contributed by atoms with Gasteiger partial charge in [0, 0.05) is 6.04 Å². The van der Waals surface area contributed by atoms with Crippen molar-refractivity contribution in [3.63, 3.8) is 0 Å². The molecule has 4 nitrogen and oxygen atoms in total. The van der Waals surface area contributed by atoms with Gasteiger partial charge in [0.05, 0.1) is 17.8 Å². The van der Waals surface area contributed by atoms with Crippen LogP contribution in [0.2, 0.25) is 0 Å². The lowest BCUT2D eigenvalue weighted by molar-refractivity contribution is -0.119. The van der Waals surface area contributed by atoms with Crippen molar-refractivity contribution in [2.75, 3.05) is 11.9 Å². The van der Waals surface area contributed by atoms with Crippen molar-refractivity contribution in [3.8, 4) is 6.07 Å². The Hall–Kier alpha value is -2.16. The molecule has 1 aliphatic rings. The molecule has 6 heteroatoms. The summed E-state index contributed by atoms with van der Waals surface area (Å²) in [4.78, 5) is 11.3. The van der Waals surface area contributed by atoms with Gasteiger partial charge in [-0.2, -0.15) is 5.26 Å². The summed E-state index contributed by atoms with van der Waals surface area (Å²) in [6, 6.07) is 4.17. The molecule has 0 spiro atoms. The quantitative estimate of drug-likeness (QED) is 0.852. The second-order valence-electron chi connectivity index (χ2n) is 4.10. The van der Waals surface area contributed by atoms with Crippen LogP contribution in [0.25, 0.3) is 0 Å².